The van der Waals surface area contributed by atoms with Crippen LogP contribution in [0.15, 0.2) is 53.6 Å². The van der Waals surface area contributed by atoms with E-state index in [2.05, 4.69) is 15.3 Å². The van der Waals surface area contributed by atoms with Crippen LogP contribution < -0.4 is 4.74 Å². The number of hydrogen-bond donors (Lipinski definition) is 1. The topological polar surface area (TPSA) is 128 Å². The molecule has 1 N–H and O–H groups in total. The molecule has 0 aliphatic carbocycles. The van der Waals surface area contributed by atoms with E-state index in [1.54, 1.807) is 10.7 Å². The Labute approximate surface area is 220 Å². The van der Waals surface area contributed by atoms with E-state index in [1.165, 1.54) is 16.6 Å². The zero-order chi connectivity index (χ0) is 27.2. The number of benzene rings is 2. The Hall–Kier alpha value is -3.83. The van der Waals surface area contributed by atoms with Crippen molar-refractivity contribution in [2.45, 2.75) is 50.7 Å². The lowest BCUT2D eigenvalue weighted by Crippen LogP contribution is -2.35. The molecule has 5 rings (SSSR count). The maximum absolute atomic E-state index is 13.6. The molecule has 2 aromatic heterocycles. The second-order valence-electron chi connectivity index (χ2n) is 9.73. The van der Waals surface area contributed by atoms with Crippen molar-refractivity contribution in [3.05, 3.63) is 76.5 Å². The van der Waals surface area contributed by atoms with Crippen LogP contribution in [-0.2, 0) is 28.4 Å². The smallest absolute Gasteiger partial charge is 0.304 e. The minimum absolute atomic E-state index is 0.0369. The molecular formula is C27H29N5O5S. The number of aliphatic carboxylic acids is 1. The number of hydrogen-bond acceptors (Lipinski definition) is 7. The van der Waals surface area contributed by atoms with Crippen molar-refractivity contribution in [1.82, 2.24) is 24.3 Å². The summed E-state index contributed by atoms with van der Waals surface area (Å²) in [6.07, 6.45) is 0.986. The maximum atomic E-state index is 13.6. The van der Waals surface area contributed by atoms with Crippen LogP contribution in [0.1, 0.15) is 47.1 Å². The Morgan fingerprint density at radius 1 is 1.21 bits per heavy atom. The number of rotatable bonds is 6. The molecule has 1 aliphatic heterocycles. The van der Waals surface area contributed by atoms with E-state index < -0.39 is 28.0 Å². The summed E-state index contributed by atoms with van der Waals surface area (Å²) in [4.78, 5) is 16.1. The molecule has 0 spiro atoms. The number of carbonyl (C=O) groups is 1. The second-order valence-corrected chi connectivity index (χ2v) is 11.6. The van der Waals surface area contributed by atoms with E-state index in [0.717, 1.165) is 38.9 Å². The summed E-state index contributed by atoms with van der Waals surface area (Å²) in [5.41, 5.74) is 5.79. The van der Waals surface area contributed by atoms with Crippen LogP contribution in [0.2, 0.25) is 0 Å². The summed E-state index contributed by atoms with van der Waals surface area (Å²) < 4.78 is 36.0. The van der Waals surface area contributed by atoms with E-state index >= 15 is 0 Å². The lowest BCUT2D eigenvalue weighted by atomic mass is 9.84. The van der Waals surface area contributed by atoms with Crippen molar-refractivity contribution < 1.29 is 23.1 Å². The molecule has 10 nitrogen and oxygen atoms in total. The van der Waals surface area contributed by atoms with Gasteiger partial charge < -0.3 is 9.84 Å². The van der Waals surface area contributed by atoms with Gasteiger partial charge in [-0.05, 0) is 66.8 Å². The lowest BCUT2D eigenvalue weighted by Gasteiger charge is -2.24. The van der Waals surface area contributed by atoms with Gasteiger partial charge in [-0.1, -0.05) is 29.5 Å². The first kappa shape index (κ1) is 25.8. The second kappa shape index (κ2) is 9.80. The monoisotopic (exact) mass is 535 g/mol. The Morgan fingerprint density at radius 2 is 2.00 bits per heavy atom. The fourth-order valence-corrected chi connectivity index (χ4v) is 6.60. The molecule has 4 aromatic rings. The van der Waals surface area contributed by atoms with E-state index in [1.807, 2.05) is 58.2 Å². The quantitative estimate of drug-likeness (QED) is 0.397. The molecule has 0 saturated carbocycles. The third kappa shape index (κ3) is 4.63. The molecule has 0 radical (unpaired) electrons. The van der Waals surface area contributed by atoms with Gasteiger partial charge in [-0.15, -0.1) is 5.10 Å². The SMILES string of the molecule is Cc1ccc(C(CC(=O)O)c2ccc3c(nnn3C)c2C)cc1CN1C[C@@H](C)Oc2ncccc2S1(=O)=O. The molecule has 0 amide bonds. The molecule has 0 saturated heterocycles. The number of aryl methyl sites for hydroxylation is 3. The minimum atomic E-state index is -3.87. The highest BCUT2D eigenvalue weighted by atomic mass is 32.2. The summed E-state index contributed by atoms with van der Waals surface area (Å²) in [7, 11) is -2.05. The Balaban J connectivity index is 1.56. The van der Waals surface area contributed by atoms with Gasteiger partial charge in [0.15, 0.2) is 0 Å². The van der Waals surface area contributed by atoms with Crippen molar-refractivity contribution in [2.75, 3.05) is 6.54 Å². The zero-order valence-electron chi connectivity index (χ0n) is 21.6. The molecule has 38 heavy (non-hydrogen) atoms. The highest BCUT2D eigenvalue weighted by molar-refractivity contribution is 7.89. The Bertz CT molecular complexity index is 1650. The zero-order valence-corrected chi connectivity index (χ0v) is 22.4. The van der Waals surface area contributed by atoms with Crippen molar-refractivity contribution in [3.8, 4) is 5.88 Å². The van der Waals surface area contributed by atoms with Gasteiger partial charge in [-0.25, -0.2) is 18.1 Å². The number of pyridine rings is 1. The van der Waals surface area contributed by atoms with Gasteiger partial charge in [-0.2, -0.15) is 4.31 Å². The Morgan fingerprint density at radius 3 is 2.76 bits per heavy atom. The van der Waals surface area contributed by atoms with Gasteiger partial charge in [0.1, 0.15) is 16.5 Å². The predicted molar refractivity (Wildman–Crippen MR) is 140 cm³/mol. The van der Waals surface area contributed by atoms with Gasteiger partial charge in [0.05, 0.1) is 18.5 Å². The molecular weight excluding hydrogens is 506 g/mol. The third-order valence-electron chi connectivity index (χ3n) is 7.08. The predicted octanol–water partition coefficient (Wildman–Crippen LogP) is 3.56. The summed E-state index contributed by atoms with van der Waals surface area (Å²) in [5, 5.41) is 18.1. The number of carboxylic acid groups (broad SMARTS) is 1. The largest absolute Gasteiger partial charge is 0.481 e. The summed E-state index contributed by atoms with van der Waals surface area (Å²) >= 11 is 0. The molecule has 3 heterocycles. The average molecular weight is 536 g/mol. The molecule has 11 heteroatoms. The highest BCUT2D eigenvalue weighted by Gasteiger charge is 2.34. The number of sulfonamides is 1. The lowest BCUT2D eigenvalue weighted by molar-refractivity contribution is -0.137. The summed E-state index contributed by atoms with van der Waals surface area (Å²) in [6, 6.07) is 12.6. The molecule has 2 aromatic carbocycles. The van der Waals surface area contributed by atoms with E-state index in [4.69, 9.17) is 4.74 Å². The summed E-state index contributed by atoms with van der Waals surface area (Å²) in [6.45, 7) is 5.92. The fraction of sp³-hybridized carbons (Fsp3) is 0.333. The first-order valence-electron chi connectivity index (χ1n) is 12.3. The first-order valence-corrected chi connectivity index (χ1v) is 13.7. The van der Waals surface area contributed by atoms with Gasteiger partial charge in [-0.3, -0.25) is 4.79 Å². The van der Waals surface area contributed by atoms with Gasteiger partial charge >= 0.3 is 5.97 Å². The highest BCUT2D eigenvalue weighted by Crippen LogP contribution is 2.35. The van der Waals surface area contributed by atoms with Crippen LogP contribution >= 0.6 is 0 Å². The van der Waals surface area contributed by atoms with Crippen LogP contribution in [0.4, 0.5) is 0 Å². The molecule has 2 atom stereocenters. The van der Waals surface area contributed by atoms with Crippen molar-refractivity contribution in [3.63, 3.8) is 0 Å². The number of fused-ring (bicyclic) bond motifs is 2. The van der Waals surface area contributed by atoms with Gasteiger partial charge in [0.25, 0.3) is 0 Å². The van der Waals surface area contributed by atoms with Crippen molar-refractivity contribution in [2.24, 2.45) is 7.05 Å². The average Bonchev–Trinajstić information content (AvgIpc) is 3.21. The number of nitrogens with zero attached hydrogens (tertiary/aromatic N) is 5. The van der Waals surface area contributed by atoms with E-state index in [9.17, 15) is 18.3 Å². The normalized spacial score (nSPS) is 17.9. The number of aromatic nitrogens is 4. The van der Waals surface area contributed by atoms with Gasteiger partial charge in [0, 0.05) is 25.7 Å². The molecule has 0 bridgehead atoms. The minimum Gasteiger partial charge on any atom is -0.481 e. The maximum Gasteiger partial charge on any atom is 0.304 e. The standard InChI is InChI=1S/C27H29N5O5S/c1-16-7-8-19(22(13-25(33)34)21-9-10-23-26(18(21)3)29-30-31(23)4)12-20(16)15-32-14-17(2)37-27-24(38(32,35)36)6-5-11-28-27/h5-12,17,22H,13-15H2,1-4H3,(H,33,34)/t17-,22?/m1/s1. The van der Waals surface area contributed by atoms with Crippen LogP contribution in [-0.4, -0.2) is 56.4 Å². The van der Waals surface area contributed by atoms with Crippen molar-refractivity contribution >= 4 is 27.0 Å². The summed E-state index contributed by atoms with van der Waals surface area (Å²) in [5.74, 6) is -1.28. The van der Waals surface area contributed by atoms with Crippen LogP contribution in [0.3, 0.4) is 0 Å². The van der Waals surface area contributed by atoms with Crippen molar-refractivity contribution in [1.29, 1.82) is 0 Å². The fourth-order valence-electron chi connectivity index (χ4n) is 5.04. The van der Waals surface area contributed by atoms with Crippen LogP contribution in [0.5, 0.6) is 5.88 Å². The third-order valence-corrected chi connectivity index (χ3v) is 8.91. The molecule has 1 unspecified atom stereocenters. The van der Waals surface area contributed by atoms with E-state index in [0.29, 0.717) is 0 Å². The first-order chi connectivity index (χ1) is 18.1. The van der Waals surface area contributed by atoms with Crippen LogP contribution in [0.25, 0.3) is 11.0 Å². The number of ether oxygens (including phenoxy) is 1. The van der Waals surface area contributed by atoms with Gasteiger partial charge in [0.2, 0.25) is 15.9 Å². The van der Waals surface area contributed by atoms with E-state index in [-0.39, 0.29) is 30.3 Å². The van der Waals surface area contributed by atoms with Crippen LogP contribution in [0, 0.1) is 13.8 Å². The molecule has 0 fully saturated rings. The molecule has 198 valence electrons. The number of carboxylic acids is 1. The molecule has 1 aliphatic rings. The Kier molecular flexibility index (Phi) is 6.66.